The van der Waals surface area contributed by atoms with Crippen LogP contribution in [0.3, 0.4) is 0 Å². The molecule has 1 atom stereocenters. The van der Waals surface area contributed by atoms with Crippen LogP contribution >= 0.6 is 0 Å². The third-order valence-electron chi connectivity index (χ3n) is 7.13. The largest absolute Gasteiger partial charge is 0.481 e. The first-order valence-corrected chi connectivity index (χ1v) is 12.3. The van der Waals surface area contributed by atoms with Gasteiger partial charge in [0.25, 0.3) is 0 Å². The third-order valence-corrected chi connectivity index (χ3v) is 7.13. The zero-order valence-corrected chi connectivity index (χ0v) is 18.9. The second-order valence-electron chi connectivity index (χ2n) is 9.44. The van der Waals surface area contributed by atoms with Crippen LogP contribution in [0.25, 0.3) is 5.57 Å². The van der Waals surface area contributed by atoms with Gasteiger partial charge in [-0.2, -0.15) is 0 Å². The summed E-state index contributed by atoms with van der Waals surface area (Å²) in [6.07, 6.45) is 11.7. The summed E-state index contributed by atoms with van der Waals surface area (Å²) in [5.41, 5.74) is 7.66. The van der Waals surface area contributed by atoms with E-state index in [2.05, 4.69) is 30.3 Å². The maximum atomic E-state index is 12.9. The van der Waals surface area contributed by atoms with E-state index in [4.69, 9.17) is 0 Å². The van der Waals surface area contributed by atoms with Gasteiger partial charge in [0.1, 0.15) is 0 Å². The lowest BCUT2D eigenvalue weighted by atomic mass is 9.90. The Morgan fingerprint density at radius 1 is 0.906 bits per heavy atom. The number of fused-ring (bicyclic) bond motifs is 2. The van der Waals surface area contributed by atoms with Gasteiger partial charge in [-0.05, 0) is 79.7 Å². The number of benzene rings is 2. The average molecular weight is 431 g/mol. The third kappa shape index (κ3) is 5.56. The van der Waals surface area contributed by atoms with Gasteiger partial charge < -0.3 is 5.11 Å². The quantitative estimate of drug-likeness (QED) is 0.307. The van der Waals surface area contributed by atoms with E-state index >= 15 is 0 Å². The van der Waals surface area contributed by atoms with Crippen LogP contribution in [-0.2, 0) is 17.6 Å². The minimum absolute atomic E-state index is 0.0332. The van der Waals surface area contributed by atoms with Crippen molar-refractivity contribution in [1.29, 1.82) is 0 Å². The Labute approximate surface area is 191 Å². The van der Waals surface area contributed by atoms with Gasteiger partial charge in [0.05, 0.1) is 5.92 Å². The van der Waals surface area contributed by atoms with Crippen molar-refractivity contribution in [2.24, 2.45) is 5.92 Å². The lowest BCUT2D eigenvalue weighted by Crippen LogP contribution is -2.18. The lowest BCUT2D eigenvalue weighted by Gasteiger charge is -2.14. The van der Waals surface area contributed by atoms with Gasteiger partial charge in [-0.3, -0.25) is 9.59 Å². The maximum absolute atomic E-state index is 12.9. The Hall–Kier alpha value is -2.68. The fourth-order valence-corrected chi connectivity index (χ4v) is 5.30. The van der Waals surface area contributed by atoms with Gasteiger partial charge in [-0.1, -0.05) is 67.3 Å². The Balaban J connectivity index is 1.24. The number of rotatable bonds is 11. The van der Waals surface area contributed by atoms with Crippen molar-refractivity contribution < 1.29 is 14.7 Å². The summed E-state index contributed by atoms with van der Waals surface area (Å²) in [5, 5.41) is 9.66. The molecule has 0 bridgehead atoms. The van der Waals surface area contributed by atoms with Crippen molar-refractivity contribution in [2.75, 3.05) is 0 Å². The van der Waals surface area contributed by atoms with Gasteiger partial charge in [-0.15, -0.1) is 0 Å². The molecule has 0 heterocycles. The van der Waals surface area contributed by atoms with E-state index in [0.29, 0.717) is 12.0 Å². The smallest absolute Gasteiger partial charge is 0.306 e. The average Bonchev–Trinajstić information content (AvgIpc) is 3.18. The monoisotopic (exact) mass is 430 g/mol. The number of unbranched alkanes of at least 4 members (excludes halogenated alkanes) is 3. The van der Waals surface area contributed by atoms with Crippen LogP contribution in [0.5, 0.6) is 0 Å². The molecule has 0 amide bonds. The molecule has 0 saturated heterocycles. The molecule has 3 heteroatoms. The van der Waals surface area contributed by atoms with E-state index < -0.39 is 11.9 Å². The van der Waals surface area contributed by atoms with E-state index in [1.54, 1.807) is 5.57 Å². The molecular formula is C29H34O3. The second kappa shape index (κ2) is 10.8. The summed E-state index contributed by atoms with van der Waals surface area (Å²) >= 11 is 0. The number of carbonyl (C=O) groups is 2. The minimum Gasteiger partial charge on any atom is -0.481 e. The highest BCUT2D eigenvalue weighted by Crippen LogP contribution is 2.41. The number of carboxylic acids is 1. The number of aryl methyl sites for hydroxylation is 1. The summed E-state index contributed by atoms with van der Waals surface area (Å²) in [4.78, 5) is 24.7. The molecule has 0 spiro atoms. The molecule has 0 aliphatic heterocycles. The van der Waals surface area contributed by atoms with Crippen molar-refractivity contribution in [3.8, 4) is 0 Å². The number of aliphatic carboxylic acids is 1. The van der Waals surface area contributed by atoms with Crippen LogP contribution in [0.15, 0.2) is 54.1 Å². The van der Waals surface area contributed by atoms with E-state index in [9.17, 15) is 14.7 Å². The zero-order chi connectivity index (χ0) is 22.3. The van der Waals surface area contributed by atoms with Crippen molar-refractivity contribution >= 4 is 17.3 Å². The fourth-order valence-electron chi connectivity index (χ4n) is 5.30. The van der Waals surface area contributed by atoms with Crippen LogP contribution in [0.1, 0.15) is 91.3 Å². The van der Waals surface area contributed by atoms with Crippen LogP contribution in [-0.4, -0.2) is 16.9 Å². The Morgan fingerprint density at radius 3 is 2.50 bits per heavy atom. The van der Waals surface area contributed by atoms with Crippen LogP contribution < -0.4 is 0 Å². The van der Waals surface area contributed by atoms with Crippen LogP contribution in [0.4, 0.5) is 0 Å². The molecule has 2 aromatic rings. The molecule has 2 aromatic carbocycles. The summed E-state index contributed by atoms with van der Waals surface area (Å²) in [6.45, 7) is 0. The highest BCUT2D eigenvalue weighted by atomic mass is 16.4. The molecule has 0 radical (unpaired) electrons. The summed E-state index contributed by atoms with van der Waals surface area (Å²) in [6, 6.07) is 16.5. The van der Waals surface area contributed by atoms with E-state index in [-0.39, 0.29) is 12.2 Å². The van der Waals surface area contributed by atoms with Crippen molar-refractivity contribution in [3.63, 3.8) is 0 Å². The first-order valence-electron chi connectivity index (χ1n) is 12.3. The molecule has 168 valence electrons. The number of Topliss-reactive ketones (excluding diaryl/α,β-unsaturated/α-hetero) is 1. The number of hydrogen-bond acceptors (Lipinski definition) is 2. The molecule has 0 aromatic heterocycles. The van der Waals surface area contributed by atoms with Gasteiger partial charge >= 0.3 is 5.97 Å². The number of allylic oxidation sites excluding steroid dienone is 2. The van der Waals surface area contributed by atoms with E-state index in [1.807, 2.05) is 18.2 Å². The molecule has 1 N–H and O–H groups in total. The van der Waals surface area contributed by atoms with E-state index in [1.165, 1.54) is 41.5 Å². The zero-order valence-electron chi connectivity index (χ0n) is 18.9. The Morgan fingerprint density at radius 2 is 1.69 bits per heavy atom. The normalized spacial score (nSPS) is 15.9. The molecule has 2 aliphatic carbocycles. The standard InChI is InChI=1S/C29H34O3/c30-28(23-16-17-27-25(19-23)18-22-13-8-9-15-26(22)27)20-24(29(31)32)14-7-2-1-4-10-21-11-5-3-6-12-21/h3,5-6,11-12,16-17,19,24H,1-2,4,7-10,13-15,18,20H2,(H,31,32)/t24-/m0/s1. The lowest BCUT2D eigenvalue weighted by molar-refractivity contribution is -0.141. The number of carboxylic acid groups (broad SMARTS) is 1. The predicted molar refractivity (Wildman–Crippen MR) is 129 cm³/mol. The summed E-state index contributed by atoms with van der Waals surface area (Å²) in [5.74, 6) is -1.47. The van der Waals surface area contributed by atoms with Gasteiger partial charge in [0.2, 0.25) is 0 Å². The first kappa shape index (κ1) is 22.5. The van der Waals surface area contributed by atoms with Gasteiger partial charge in [0.15, 0.2) is 5.78 Å². The van der Waals surface area contributed by atoms with Crippen LogP contribution in [0, 0.1) is 5.92 Å². The van der Waals surface area contributed by atoms with Crippen molar-refractivity contribution in [1.82, 2.24) is 0 Å². The van der Waals surface area contributed by atoms with Crippen LogP contribution in [0.2, 0.25) is 0 Å². The van der Waals surface area contributed by atoms with E-state index in [0.717, 1.165) is 44.9 Å². The van der Waals surface area contributed by atoms with Crippen molar-refractivity contribution in [3.05, 3.63) is 76.4 Å². The number of hydrogen-bond donors (Lipinski definition) is 1. The predicted octanol–water partition coefficient (Wildman–Crippen LogP) is 7.04. The van der Waals surface area contributed by atoms with Gasteiger partial charge in [0, 0.05) is 12.0 Å². The molecule has 0 unspecified atom stereocenters. The fraction of sp³-hybridized carbons (Fsp3) is 0.448. The molecule has 4 rings (SSSR count). The van der Waals surface area contributed by atoms with Gasteiger partial charge in [-0.25, -0.2) is 0 Å². The Kier molecular flexibility index (Phi) is 7.57. The molecular weight excluding hydrogens is 396 g/mol. The molecule has 0 fully saturated rings. The maximum Gasteiger partial charge on any atom is 0.306 e. The highest BCUT2D eigenvalue weighted by molar-refractivity contribution is 5.98. The topological polar surface area (TPSA) is 54.4 Å². The summed E-state index contributed by atoms with van der Waals surface area (Å²) in [7, 11) is 0. The van der Waals surface area contributed by atoms with Crippen molar-refractivity contribution in [2.45, 2.75) is 77.0 Å². The molecule has 32 heavy (non-hydrogen) atoms. The highest BCUT2D eigenvalue weighted by Gasteiger charge is 2.26. The first-order chi connectivity index (χ1) is 15.6. The molecule has 0 saturated carbocycles. The Bertz CT molecular complexity index is 987. The molecule has 3 nitrogen and oxygen atoms in total. The molecule has 2 aliphatic rings. The number of carbonyl (C=O) groups excluding carboxylic acids is 1. The minimum atomic E-state index is -0.846. The summed E-state index contributed by atoms with van der Waals surface area (Å²) < 4.78 is 0. The second-order valence-corrected chi connectivity index (χ2v) is 9.44. The number of ketones is 1. The SMILES string of the molecule is O=C(C[C@H](CCCCCCc1ccccc1)C(=O)O)c1ccc2c(c1)CC1=C2CCCC1.